The maximum Gasteiger partial charge on any atom is 0.343 e. The maximum atomic E-state index is 10.1. The number of rotatable bonds is 2. The Morgan fingerprint density at radius 2 is 2.25 bits per heavy atom. The minimum Gasteiger partial charge on any atom is -0.327 e. The predicted octanol–water partition coefficient (Wildman–Crippen LogP) is -0.925. The van der Waals surface area contributed by atoms with Crippen LogP contribution in [0.2, 0.25) is 0 Å². The molecule has 0 heterocycles. The van der Waals surface area contributed by atoms with E-state index in [0.717, 1.165) is 0 Å². The second-order valence-corrected chi connectivity index (χ2v) is 1.70. The van der Waals surface area contributed by atoms with E-state index in [9.17, 15) is 4.79 Å². The summed E-state index contributed by atoms with van der Waals surface area (Å²) in [5, 5.41) is 0. The summed E-state index contributed by atoms with van der Waals surface area (Å²) in [6.45, 7) is 0.108. The minimum atomic E-state index is -0.644. The van der Waals surface area contributed by atoms with Gasteiger partial charge in [0.2, 0.25) is 0 Å². The summed E-state index contributed by atoms with van der Waals surface area (Å²) < 4.78 is 0. The van der Waals surface area contributed by atoms with Gasteiger partial charge < -0.3 is 4.84 Å². The molecule has 0 N–H and O–H groups in total. The van der Waals surface area contributed by atoms with Crippen molar-refractivity contribution in [2.45, 2.75) is 0 Å². The van der Waals surface area contributed by atoms with Crippen molar-refractivity contribution in [1.82, 2.24) is 10.8 Å². The topological polar surface area (TPSA) is 51.8 Å². The molecule has 0 aliphatic rings. The third kappa shape index (κ3) is 3.58. The van der Waals surface area contributed by atoms with Crippen molar-refractivity contribution in [2.24, 2.45) is 0 Å². The Balaban J connectivity index is 3.25. The van der Waals surface area contributed by atoms with E-state index < -0.39 is 5.97 Å². The van der Waals surface area contributed by atoms with Crippen LogP contribution in [0.1, 0.15) is 0 Å². The van der Waals surface area contributed by atoms with Gasteiger partial charge in [0.25, 0.3) is 0 Å². The van der Waals surface area contributed by atoms with Gasteiger partial charge in [0.1, 0.15) is 5.90 Å². The lowest BCUT2D eigenvalue weighted by Gasteiger charge is -2.03. The van der Waals surface area contributed by atoms with Gasteiger partial charge >= 0.3 is 5.97 Å². The fourth-order valence-corrected chi connectivity index (χ4v) is 0.287. The standard InChI is InChI=1S/C4H8N2O2/c1-6(2)3-4(7)8-5/h3H2,1-2H3. The summed E-state index contributed by atoms with van der Waals surface area (Å²) in [6.07, 6.45) is 0. The van der Waals surface area contributed by atoms with E-state index in [-0.39, 0.29) is 6.54 Å². The zero-order valence-corrected chi connectivity index (χ0v) is 4.92. The van der Waals surface area contributed by atoms with Crippen LogP contribution in [-0.2, 0) is 9.63 Å². The van der Waals surface area contributed by atoms with Gasteiger partial charge in [-0.3, -0.25) is 4.90 Å². The van der Waals surface area contributed by atoms with Crippen LogP contribution in [-0.4, -0.2) is 31.5 Å². The highest BCUT2D eigenvalue weighted by Crippen LogP contribution is 1.75. The maximum absolute atomic E-state index is 10.1. The molecular formula is C4H8N2O2. The van der Waals surface area contributed by atoms with Gasteiger partial charge in [0, 0.05) is 0 Å². The zero-order chi connectivity index (χ0) is 6.57. The molecule has 0 aliphatic heterocycles. The van der Waals surface area contributed by atoms with Crippen LogP contribution in [0.15, 0.2) is 0 Å². The van der Waals surface area contributed by atoms with Crippen LogP contribution in [0.25, 0.3) is 0 Å². The molecule has 0 unspecified atom stereocenters. The Morgan fingerprint density at radius 3 is 2.38 bits per heavy atom. The quantitative estimate of drug-likeness (QED) is 0.438. The van der Waals surface area contributed by atoms with E-state index in [4.69, 9.17) is 5.90 Å². The van der Waals surface area contributed by atoms with Crippen molar-refractivity contribution in [2.75, 3.05) is 20.6 Å². The summed E-state index contributed by atoms with van der Waals surface area (Å²) in [5.41, 5.74) is 0. The van der Waals surface area contributed by atoms with E-state index in [1.165, 1.54) is 0 Å². The lowest BCUT2D eigenvalue weighted by molar-refractivity contribution is -0.146. The molecule has 0 atom stereocenters. The van der Waals surface area contributed by atoms with Gasteiger partial charge in [-0.2, -0.15) is 0 Å². The Kier molecular flexibility index (Phi) is 3.14. The average molecular weight is 116 g/mol. The van der Waals surface area contributed by atoms with E-state index >= 15 is 0 Å². The molecule has 0 aromatic carbocycles. The molecule has 0 aromatic rings. The number of hydrogen-bond donors (Lipinski definition) is 0. The van der Waals surface area contributed by atoms with Crippen molar-refractivity contribution in [3.63, 3.8) is 0 Å². The fourth-order valence-electron chi connectivity index (χ4n) is 0.287. The summed E-state index contributed by atoms with van der Waals surface area (Å²) in [7, 11) is 3.41. The molecule has 4 heteroatoms. The normalized spacial score (nSPS) is 9.50. The van der Waals surface area contributed by atoms with Crippen molar-refractivity contribution in [3.8, 4) is 0 Å². The van der Waals surface area contributed by atoms with Gasteiger partial charge in [0.15, 0.2) is 0 Å². The first kappa shape index (κ1) is 7.39. The lowest BCUT2D eigenvalue weighted by atomic mass is 10.6. The highest BCUT2D eigenvalue weighted by Gasteiger charge is 2.00. The Bertz CT molecular complexity index is 82.1. The Hall–Kier alpha value is -0.610. The van der Waals surface area contributed by atoms with Gasteiger partial charge in [-0.15, -0.1) is 0 Å². The first-order valence-corrected chi connectivity index (χ1v) is 2.16. The summed E-state index contributed by atoms with van der Waals surface area (Å²) in [6, 6.07) is 0. The Morgan fingerprint density at radius 1 is 1.75 bits per heavy atom. The Labute approximate surface area is 48.2 Å². The van der Waals surface area contributed by atoms with Gasteiger partial charge in [0.05, 0.1) is 6.54 Å². The lowest BCUT2D eigenvalue weighted by Crippen LogP contribution is -2.22. The smallest absolute Gasteiger partial charge is 0.327 e. The second kappa shape index (κ2) is 3.40. The second-order valence-electron chi connectivity index (χ2n) is 1.70. The minimum absolute atomic E-state index is 0.108. The molecule has 0 spiro atoms. The fraction of sp³-hybridized carbons (Fsp3) is 0.750. The largest absolute Gasteiger partial charge is 0.343 e. The number of carbonyl (C=O) groups is 1. The number of carbonyl (C=O) groups excluding carboxylic acids is 1. The van der Waals surface area contributed by atoms with Crippen molar-refractivity contribution < 1.29 is 9.63 Å². The predicted molar refractivity (Wildman–Crippen MR) is 26.8 cm³/mol. The van der Waals surface area contributed by atoms with E-state index in [2.05, 4.69) is 4.84 Å². The molecule has 0 rings (SSSR count). The number of likely N-dealkylation sites (N-methyl/N-ethyl adjacent to an activating group) is 1. The highest BCUT2D eigenvalue weighted by atomic mass is 16.7. The van der Waals surface area contributed by atoms with Crippen LogP contribution in [0.5, 0.6) is 0 Å². The van der Waals surface area contributed by atoms with E-state index in [0.29, 0.717) is 0 Å². The van der Waals surface area contributed by atoms with Crippen LogP contribution in [0.3, 0.4) is 0 Å². The summed E-state index contributed by atoms with van der Waals surface area (Å²) in [5.74, 6) is 7.06. The average Bonchev–Trinajstić information content (AvgIpc) is 1.65. The molecule has 0 aliphatic carbocycles. The van der Waals surface area contributed by atoms with E-state index in [1.807, 2.05) is 0 Å². The first-order valence-electron chi connectivity index (χ1n) is 2.16. The van der Waals surface area contributed by atoms with Crippen molar-refractivity contribution >= 4 is 5.97 Å². The summed E-state index contributed by atoms with van der Waals surface area (Å²) >= 11 is 0. The third-order valence-corrected chi connectivity index (χ3v) is 0.547. The molecule has 2 radical (unpaired) electrons. The molecule has 0 amide bonds. The molecule has 0 saturated heterocycles. The number of nitrogens with zero attached hydrogens (tertiary/aromatic N) is 2. The molecule has 46 valence electrons. The first-order chi connectivity index (χ1) is 3.66. The molecule has 8 heavy (non-hydrogen) atoms. The molecule has 4 nitrogen and oxygen atoms in total. The van der Waals surface area contributed by atoms with Crippen LogP contribution < -0.4 is 5.90 Å². The molecule has 0 saturated carbocycles. The molecule has 0 bridgehead atoms. The molecule has 0 aromatic heterocycles. The van der Waals surface area contributed by atoms with Gasteiger partial charge in [-0.1, -0.05) is 0 Å². The SMILES string of the molecule is CN(C)CC(=O)O[N]. The van der Waals surface area contributed by atoms with Crippen LogP contribution in [0.4, 0.5) is 0 Å². The van der Waals surface area contributed by atoms with Gasteiger partial charge in [-0.05, 0) is 14.1 Å². The summed E-state index contributed by atoms with van der Waals surface area (Å²) in [4.78, 5) is 15.1. The van der Waals surface area contributed by atoms with Crippen LogP contribution in [0, 0.1) is 0 Å². The van der Waals surface area contributed by atoms with Crippen molar-refractivity contribution in [3.05, 3.63) is 0 Å². The van der Waals surface area contributed by atoms with Gasteiger partial charge in [-0.25, -0.2) is 4.79 Å². The molecular weight excluding hydrogens is 108 g/mol. The third-order valence-electron chi connectivity index (χ3n) is 0.547. The zero-order valence-electron chi connectivity index (χ0n) is 4.92. The van der Waals surface area contributed by atoms with E-state index in [1.54, 1.807) is 19.0 Å². The van der Waals surface area contributed by atoms with Crippen molar-refractivity contribution in [1.29, 1.82) is 0 Å². The molecule has 0 fully saturated rings. The van der Waals surface area contributed by atoms with Crippen LogP contribution >= 0.6 is 0 Å². The number of hydrogen-bond acceptors (Lipinski definition) is 3. The highest BCUT2D eigenvalue weighted by molar-refractivity contribution is 5.71. The monoisotopic (exact) mass is 116 g/mol.